The third kappa shape index (κ3) is 5.06. The van der Waals surface area contributed by atoms with E-state index in [1.54, 1.807) is 7.05 Å². The van der Waals surface area contributed by atoms with Crippen LogP contribution in [0.2, 0.25) is 0 Å². The molecule has 1 aromatic carbocycles. The fraction of sp³-hybridized carbons (Fsp3) is 0.474. The zero-order valence-corrected chi connectivity index (χ0v) is 15.4. The summed E-state index contributed by atoms with van der Waals surface area (Å²) in [4.78, 5) is 49.6. The van der Waals surface area contributed by atoms with Crippen LogP contribution in [0.15, 0.2) is 24.3 Å². The van der Waals surface area contributed by atoms with Gasteiger partial charge < -0.3 is 15.5 Å². The number of nitrogens with one attached hydrogen (secondary N) is 2. The second-order valence-corrected chi connectivity index (χ2v) is 7.02. The summed E-state index contributed by atoms with van der Waals surface area (Å²) in [7, 11) is 1.58. The number of amides is 5. The predicted octanol–water partition coefficient (Wildman–Crippen LogP) is 1.33. The highest BCUT2D eigenvalue weighted by molar-refractivity contribution is 6.01. The van der Waals surface area contributed by atoms with Crippen LogP contribution < -0.4 is 10.6 Å². The van der Waals surface area contributed by atoms with Crippen molar-refractivity contribution in [2.24, 2.45) is 5.92 Å². The number of anilines is 1. The Morgan fingerprint density at radius 1 is 1.15 bits per heavy atom. The van der Waals surface area contributed by atoms with Crippen LogP contribution in [0.4, 0.5) is 10.5 Å². The van der Waals surface area contributed by atoms with Gasteiger partial charge in [0.1, 0.15) is 6.54 Å². The predicted molar refractivity (Wildman–Crippen MR) is 98.6 cm³/mol. The van der Waals surface area contributed by atoms with Gasteiger partial charge in [-0.05, 0) is 37.0 Å². The molecule has 3 rings (SSSR count). The van der Waals surface area contributed by atoms with Gasteiger partial charge >= 0.3 is 6.03 Å². The summed E-state index contributed by atoms with van der Waals surface area (Å²) in [5.74, 6) is -0.127. The summed E-state index contributed by atoms with van der Waals surface area (Å²) >= 11 is 0. The van der Waals surface area contributed by atoms with Gasteiger partial charge in [0.25, 0.3) is 0 Å². The van der Waals surface area contributed by atoms with Gasteiger partial charge in [-0.2, -0.15) is 0 Å². The van der Waals surface area contributed by atoms with Crippen molar-refractivity contribution in [3.8, 4) is 0 Å². The highest BCUT2D eigenvalue weighted by Gasteiger charge is 2.32. The molecular weight excluding hydrogens is 348 g/mol. The van der Waals surface area contributed by atoms with Crippen LogP contribution in [-0.2, 0) is 20.9 Å². The lowest BCUT2D eigenvalue weighted by atomic mass is 10.2. The van der Waals surface area contributed by atoms with Gasteiger partial charge in [-0.1, -0.05) is 12.1 Å². The zero-order chi connectivity index (χ0) is 19.4. The van der Waals surface area contributed by atoms with E-state index in [1.165, 1.54) is 9.80 Å². The van der Waals surface area contributed by atoms with Crippen LogP contribution in [0.25, 0.3) is 0 Å². The van der Waals surface area contributed by atoms with Crippen LogP contribution in [0.3, 0.4) is 0 Å². The Morgan fingerprint density at radius 2 is 1.85 bits per heavy atom. The van der Waals surface area contributed by atoms with Crippen LogP contribution in [0, 0.1) is 5.92 Å². The minimum absolute atomic E-state index is 0.0669. The Hall–Kier alpha value is -2.90. The molecule has 2 N–H and O–H groups in total. The number of nitrogens with zero attached hydrogens (tertiary/aromatic N) is 2. The number of hydrogen-bond acceptors (Lipinski definition) is 4. The van der Waals surface area contributed by atoms with Crippen LogP contribution in [0.1, 0.15) is 31.2 Å². The van der Waals surface area contributed by atoms with E-state index in [0.717, 1.165) is 24.1 Å². The Bertz CT molecular complexity index is 743. The van der Waals surface area contributed by atoms with Crippen molar-refractivity contribution < 1.29 is 19.2 Å². The first-order valence-corrected chi connectivity index (χ1v) is 9.16. The molecule has 1 aliphatic carbocycles. The maximum Gasteiger partial charge on any atom is 0.326 e. The normalized spacial score (nSPS) is 16.6. The smallest absolute Gasteiger partial charge is 0.326 e. The lowest BCUT2D eigenvalue weighted by Crippen LogP contribution is -2.33. The SMILES string of the molecule is CN1CC(=O)N(CCCC(=O)NCc2ccc(NC(=O)C3CC3)cc2)C1=O. The lowest BCUT2D eigenvalue weighted by molar-refractivity contribution is -0.126. The topological polar surface area (TPSA) is 98.8 Å². The van der Waals surface area contributed by atoms with E-state index in [9.17, 15) is 19.2 Å². The molecule has 0 aromatic heterocycles. The number of likely N-dealkylation sites (N-methyl/N-ethyl adjacent to an activating group) is 1. The molecule has 2 aliphatic rings. The van der Waals surface area contributed by atoms with Gasteiger partial charge in [-0.3, -0.25) is 19.3 Å². The number of hydrogen-bond donors (Lipinski definition) is 2. The van der Waals surface area contributed by atoms with Crippen molar-refractivity contribution in [1.29, 1.82) is 0 Å². The molecule has 1 aromatic rings. The molecule has 8 heteroatoms. The molecule has 1 saturated heterocycles. The summed E-state index contributed by atoms with van der Waals surface area (Å²) in [6.07, 6.45) is 2.61. The number of carbonyl (C=O) groups excluding carboxylic acids is 4. The number of imide groups is 1. The maximum atomic E-state index is 11.9. The van der Waals surface area contributed by atoms with Crippen molar-refractivity contribution in [2.75, 3.05) is 25.5 Å². The third-order valence-electron chi connectivity index (χ3n) is 4.68. The van der Waals surface area contributed by atoms with Crippen molar-refractivity contribution in [1.82, 2.24) is 15.1 Å². The third-order valence-corrected chi connectivity index (χ3v) is 4.68. The van der Waals surface area contributed by atoms with Gasteiger partial charge in [-0.25, -0.2) is 4.79 Å². The van der Waals surface area contributed by atoms with Crippen molar-refractivity contribution in [3.05, 3.63) is 29.8 Å². The number of rotatable bonds is 8. The second-order valence-electron chi connectivity index (χ2n) is 7.02. The zero-order valence-electron chi connectivity index (χ0n) is 15.4. The van der Waals surface area contributed by atoms with E-state index in [-0.39, 0.29) is 49.2 Å². The first kappa shape index (κ1) is 18.9. The molecule has 1 heterocycles. The van der Waals surface area contributed by atoms with Crippen LogP contribution >= 0.6 is 0 Å². The van der Waals surface area contributed by atoms with E-state index in [1.807, 2.05) is 24.3 Å². The highest BCUT2D eigenvalue weighted by atomic mass is 16.2. The largest absolute Gasteiger partial charge is 0.352 e. The molecule has 1 aliphatic heterocycles. The molecule has 8 nitrogen and oxygen atoms in total. The Labute approximate surface area is 157 Å². The Balaban J connectivity index is 1.35. The van der Waals surface area contributed by atoms with Crippen molar-refractivity contribution >= 4 is 29.4 Å². The Morgan fingerprint density at radius 3 is 2.44 bits per heavy atom. The standard InChI is InChI=1S/C19H24N4O4/c1-22-12-17(25)23(19(22)27)10-2-3-16(24)20-11-13-4-8-15(9-5-13)21-18(26)14-6-7-14/h4-5,8-9,14H,2-3,6-7,10-12H2,1H3,(H,20,24)(H,21,26). The molecule has 27 heavy (non-hydrogen) atoms. The highest BCUT2D eigenvalue weighted by Crippen LogP contribution is 2.30. The average Bonchev–Trinajstić information content (AvgIpc) is 3.46. The number of urea groups is 1. The average molecular weight is 372 g/mol. The number of carbonyl (C=O) groups is 4. The Kier molecular flexibility index (Phi) is 5.73. The van der Waals surface area contributed by atoms with E-state index in [0.29, 0.717) is 13.0 Å². The first-order valence-electron chi connectivity index (χ1n) is 9.16. The summed E-state index contributed by atoms with van der Waals surface area (Å²) in [6.45, 7) is 0.743. The quantitative estimate of drug-likeness (QED) is 0.673. The van der Waals surface area contributed by atoms with E-state index < -0.39 is 0 Å². The monoisotopic (exact) mass is 372 g/mol. The molecule has 1 saturated carbocycles. The minimum Gasteiger partial charge on any atom is -0.352 e. The molecule has 0 radical (unpaired) electrons. The molecule has 5 amide bonds. The fourth-order valence-electron chi connectivity index (χ4n) is 2.87. The minimum atomic E-state index is -0.311. The molecule has 144 valence electrons. The van der Waals surface area contributed by atoms with E-state index in [4.69, 9.17) is 0 Å². The molecule has 0 spiro atoms. The fourth-order valence-corrected chi connectivity index (χ4v) is 2.87. The van der Waals surface area contributed by atoms with Gasteiger partial charge in [0, 0.05) is 38.2 Å². The van der Waals surface area contributed by atoms with Gasteiger partial charge in [0.05, 0.1) is 0 Å². The van der Waals surface area contributed by atoms with Crippen molar-refractivity contribution in [3.63, 3.8) is 0 Å². The molecule has 0 atom stereocenters. The molecule has 0 unspecified atom stereocenters. The number of benzene rings is 1. The summed E-state index contributed by atoms with van der Waals surface area (Å²) in [5, 5.41) is 5.69. The summed E-state index contributed by atoms with van der Waals surface area (Å²) in [6, 6.07) is 7.06. The van der Waals surface area contributed by atoms with Crippen LogP contribution in [0.5, 0.6) is 0 Å². The molecule has 0 bridgehead atoms. The second kappa shape index (κ2) is 8.20. The van der Waals surface area contributed by atoms with Crippen molar-refractivity contribution in [2.45, 2.75) is 32.2 Å². The van der Waals surface area contributed by atoms with Crippen LogP contribution in [-0.4, -0.2) is 53.7 Å². The molecule has 2 fully saturated rings. The first-order chi connectivity index (χ1) is 12.9. The van der Waals surface area contributed by atoms with Gasteiger partial charge in [-0.15, -0.1) is 0 Å². The van der Waals surface area contributed by atoms with Gasteiger partial charge in [0.15, 0.2) is 0 Å². The van der Waals surface area contributed by atoms with Gasteiger partial charge in [0.2, 0.25) is 17.7 Å². The summed E-state index contributed by atoms with van der Waals surface area (Å²) in [5.41, 5.74) is 1.69. The summed E-state index contributed by atoms with van der Waals surface area (Å²) < 4.78 is 0. The maximum absolute atomic E-state index is 11.9. The lowest BCUT2D eigenvalue weighted by Gasteiger charge is -2.13. The molecular formula is C19H24N4O4. The van der Waals surface area contributed by atoms with E-state index >= 15 is 0 Å². The van der Waals surface area contributed by atoms with E-state index in [2.05, 4.69) is 10.6 Å².